The maximum Gasteiger partial charge on any atom is 0.0594 e. The summed E-state index contributed by atoms with van der Waals surface area (Å²) in [6.07, 6.45) is 5.46. The van der Waals surface area contributed by atoms with Crippen LogP contribution in [0.5, 0.6) is 0 Å². The van der Waals surface area contributed by atoms with Gasteiger partial charge in [0, 0.05) is 0 Å². The Kier molecular flexibility index (Phi) is 3.55. The van der Waals surface area contributed by atoms with Gasteiger partial charge in [0.05, 0.1) is 5.60 Å². The molecule has 0 aromatic rings. The number of unbranched alkanes of at least 4 members (excludes halogenated alkanes) is 1. The molecular formula is C8H15O. The molecule has 0 bridgehead atoms. The van der Waals surface area contributed by atoms with Gasteiger partial charge < -0.3 is 5.11 Å². The number of hydrogen-bond donors (Lipinski definition) is 1. The highest BCUT2D eigenvalue weighted by Gasteiger charge is 2.10. The van der Waals surface area contributed by atoms with E-state index in [4.69, 9.17) is 0 Å². The summed E-state index contributed by atoms with van der Waals surface area (Å²) in [5.41, 5.74) is -0.553. The predicted molar refractivity (Wildman–Crippen MR) is 40.0 cm³/mol. The summed E-state index contributed by atoms with van der Waals surface area (Å²) >= 11 is 0. The van der Waals surface area contributed by atoms with Gasteiger partial charge in [0.15, 0.2) is 0 Å². The van der Waals surface area contributed by atoms with Crippen LogP contribution in [-0.4, -0.2) is 10.7 Å². The fourth-order valence-corrected chi connectivity index (χ4v) is 0.554. The highest BCUT2D eigenvalue weighted by molar-refractivity contribution is 4.83. The van der Waals surface area contributed by atoms with E-state index in [1.807, 2.05) is 12.5 Å². The van der Waals surface area contributed by atoms with E-state index in [0.29, 0.717) is 0 Å². The van der Waals surface area contributed by atoms with Crippen molar-refractivity contribution in [3.8, 4) is 0 Å². The highest BCUT2D eigenvalue weighted by atomic mass is 16.3. The lowest BCUT2D eigenvalue weighted by atomic mass is 10.0. The molecule has 0 aromatic heterocycles. The van der Waals surface area contributed by atoms with Gasteiger partial charge in [-0.1, -0.05) is 6.08 Å². The van der Waals surface area contributed by atoms with Crippen LogP contribution >= 0.6 is 0 Å². The van der Waals surface area contributed by atoms with Gasteiger partial charge in [-0.2, -0.15) is 0 Å². The molecule has 0 amide bonds. The number of aliphatic hydroxyl groups is 1. The molecule has 0 aliphatic rings. The molecule has 9 heavy (non-hydrogen) atoms. The van der Waals surface area contributed by atoms with Crippen LogP contribution in [0, 0.1) is 6.42 Å². The Morgan fingerprint density at radius 2 is 2.11 bits per heavy atom. The first-order valence-electron chi connectivity index (χ1n) is 3.21. The predicted octanol–water partition coefficient (Wildman–Crippen LogP) is 1.93. The standard InChI is InChI=1S/C8H15O/c1-4-5-6-7-8(2,3)9/h4,6,9H,1,5,7H2,2-3H3. The second-order valence-electron chi connectivity index (χ2n) is 2.83. The molecule has 1 heteroatoms. The lowest BCUT2D eigenvalue weighted by molar-refractivity contribution is 0.0795. The summed E-state index contributed by atoms with van der Waals surface area (Å²) in [4.78, 5) is 0. The smallest absolute Gasteiger partial charge is 0.0594 e. The van der Waals surface area contributed by atoms with Crippen LogP contribution < -0.4 is 0 Å². The van der Waals surface area contributed by atoms with Crippen molar-refractivity contribution in [1.29, 1.82) is 0 Å². The molecule has 0 atom stereocenters. The maximum absolute atomic E-state index is 9.18. The number of allylic oxidation sites excluding steroid dienone is 1. The van der Waals surface area contributed by atoms with Crippen LogP contribution in [0.1, 0.15) is 26.7 Å². The Hall–Kier alpha value is -0.300. The van der Waals surface area contributed by atoms with Gasteiger partial charge >= 0.3 is 0 Å². The lowest BCUT2D eigenvalue weighted by Crippen LogP contribution is -2.17. The first-order chi connectivity index (χ1) is 4.06. The molecule has 0 aliphatic heterocycles. The highest BCUT2D eigenvalue weighted by Crippen LogP contribution is 2.10. The number of hydrogen-bond acceptors (Lipinski definition) is 1. The van der Waals surface area contributed by atoms with E-state index in [2.05, 4.69) is 6.58 Å². The Balaban J connectivity index is 3.17. The zero-order valence-corrected chi connectivity index (χ0v) is 6.22. The monoisotopic (exact) mass is 127 g/mol. The van der Waals surface area contributed by atoms with Crippen molar-refractivity contribution in [2.24, 2.45) is 0 Å². The zero-order valence-electron chi connectivity index (χ0n) is 6.22. The molecule has 1 nitrogen and oxygen atoms in total. The molecule has 1 N–H and O–H groups in total. The summed E-state index contributed by atoms with van der Waals surface area (Å²) in [6.45, 7) is 7.16. The minimum Gasteiger partial charge on any atom is -0.390 e. The van der Waals surface area contributed by atoms with E-state index < -0.39 is 5.60 Å². The first kappa shape index (κ1) is 8.70. The number of rotatable bonds is 4. The minimum atomic E-state index is -0.553. The Morgan fingerprint density at radius 1 is 1.56 bits per heavy atom. The van der Waals surface area contributed by atoms with Crippen molar-refractivity contribution in [1.82, 2.24) is 0 Å². The fourth-order valence-electron chi connectivity index (χ4n) is 0.554. The SMILES string of the molecule is C=CC[CH]CC(C)(C)O. The third-order valence-corrected chi connectivity index (χ3v) is 0.977. The summed E-state index contributed by atoms with van der Waals surface area (Å²) in [6, 6.07) is 0. The van der Waals surface area contributed by atoms with E-state index in [9.17, 15) is 5.11 Å². The van der Waals surface area contributed by atoms with Gasteiger partial charge in [-0.25, -0.2) is 0 Å². The van der Waals surface area contributed by atoms with E-state index in [1.165, 1.54) is 0 Å². The average Bonchev–Trinajstić information content (AvgIpc) is 1.63. The van der Waals surface area contributed by atoms with Crippen molar-refractivity contribution >= 4 is 0 Å². The summed E-state index contributed by atoms with van der Waals surface area (Å²) in [5, 5.41) is 9.18. The third-order valence-electron chi connectivity index (χ3n) is 0.977. The topological polar surface area (TPSA) is 20.2 Å². The molecule has 1 radical (unpaired) electrons. The minimum absolute atomic E-state index is 0.553. The molecular weight excluding hydrogens is 112 g/mol. The maximum atomic E-state index is 9.18. The first-order valence-corrected chi connectivity index (χ1v) is 3.21. The second kappa shape index (κ2) is 3.67. The zero-order chi connectivity index (χ0) is 7.33. The van der Waals surface area contributed by atoms with Gasteiger partial charge in [-0.05, 0) is 33.1 Å². The summed E-state index contributed by atoms with van der Waals surface area (Å²) in [5.74, 6) is 0. The van der Waals surface area contributed by atoms with Crippen LogP contribution in [0.15, 0.2) is 12.7 Å². The Labute approximate surface area is 57.4 Å². The van der Waals surface area contributed by atoms with Crippen LogP contribution in [0.25, 0.3) is 0 Å². The molecule has 0 spiro atoms. The van der Waals surface area contributed by atoms with Crippen LogP contribution in [0.4, 0.5) is 0 Å². The molecule has 0 rings (SSSR count). The van der Waals surface area contributed by atoms with E-state index in [-0.39, 0.29) is 0 Å². The summed E-state index contributed by atoms with van der Waals surface area (Å²) in [7, 11) is 0. The quantitative estimate of drug-likeness (QED) is 0.452. The van der Waals surface area contributed by atoms with Crippen molar-refractivity contribution in [2.45, 2.75) is 32.3 Å². The average molecular weight is 127 g/mol. The van der Waals surface area contributed by atoms with Gasteiger partial charge in [0.25, 0.3) is 0 Å². The molecule has 0 unspecified atom stereocenters. The third kappa shape index (κ3) is 7.70. The van der Waals surface area contributed by atoms with E-state index >= 15 is 0 Å². The Morgan fingerprint density at radius 3 is 2.44 bits per heavy atom. The van der Waals surface area contributed by atoms with Crippen molar-refractivity contribution in [2.75, 3.05) is 0 Å². The molecule has 0 aliphatic carbocycles. The van der Waals surface area contributed by atoms with Gasteiger partial charge in [-0.15, -0.1) is 6.58 Å². The van der Waals surface area contributed by atoms with Crippen LogP contribution in [0.2, 0.25) is 0 Å². The fraction of sp³-hybridized carbons (Fsp3) is 0.625. The van der Waals surface area contributed by atoms with E-state index in [1.54, 1.807) is 13.8 Å². The lowest BCUT2D eigenvalue weighted by Gasteiger charge is -2.15. The van der Waals surface area contributed by atoms with Crippen LogP contribution in [0.3, 0.4) is 0 Å². The molecule has 53 valence electrons. The van der Waals surface area contributed by atoms with Crippen molar-refractivity contribution < 1.29 is 5.11 Å². The van der Waals surface area contributed by atoms with Crippen molar-refractivity contribution in [3.05, 3.63) is 19.1 Å². The van der Waals surface area contributed by atoms with Crippen LogP contribution in [-0.2, 0) is 0 Å². The van der Waals surface area contributed by atoms with Gasteiger partial charge in [-0.3, -0.25) is 0 Å². The van der Waals surface area contributed by atoms with E-state index in [0.717, 1.165) is 12.8 Å². The molecule has 0 saturated carbocycles. The molecule has 0 heterocycles. The molecule has 0 aromatic carbocycles. The van der Waals surface area contributed by atoms with Gasteiger partial charge in [0.2, 0.25) is 0 Å². The van der Waals surface area contributed by atoms with Gasteiger partial charge in [0.1, 0.15) is 0 Å². The second-order valence-corrected chi connectivity index (χ2v) is 2.83. The molecule has 0 fully saturated rings. The van der Waals surface area contributed by atoms with Crippen molar-refractivity contribution in [3.63, 3.8) is 0 Å². The normalized spacial score (nSPS) is 11.4. The summed E-state index contributed by atoms with van der Waals surface area (Å²) < 4.78 is 0. The Bertz CT molecular complexity index is 79.1. The molecule has 0 saturated heterocycles. The largest absolute Gasteiger partial charge is 0.390 e.